The van der Waals surface area contributed by atoms with Crippen LogP contribution in [0.3, 0.4) is 0 Å². The Bertz CT molecular complexity index is 401. The molecule has 18 heavy (non-hydrogen) atoms. The molecule has 3 heteroatoms. The molecule has 0 spiro atoms. The van der Waals surface area contributed by atoms with Crippen molar-refractivity contribution >= 4 is 0 Å². The lowest BCUT2D eigenvalue weighted by Crippen LogP contribution is -2.32. The predicted octanol–water partition coefficient (Wildman–Crippen LogP) is 1.20. The lowest BCUT2D eigenvalue weighted by atomic mass is 10.1. The second-order valence-corrected chi connectivity index (χ2v) is 4.49. The maximum atomic E-state index is 9.03. The van der Waals surface area contributed by atoms with Gasteiger partial charge in [-0.15, -0.1) is 0 Å². The maximum absolute atomic E-state index is 9.03. The summed E-state index contributed by atoms with van der Waals surface area (Å²) >= 11 is 0. The Morgan fingerprint density at radius 2 is 1.94 bits per heavy atom. The molecule has 0 aliphatic rings. The van der Waals surface area contributed by atoms with E-state index < -0.39 is 0 Å². The highest BCUT2D eigenvalue weighted by atomic mass is 16.3. The van der Waals surface area contributed by atoms with Gasteiger partial charge in [-0.1, -0.05) is 24.0 Å². The van der Waals surface area contributed by atoms with Crippen LogP contribution in [-0.4, -0.2) is 35.7 Å². The van der Waals surface area contributed by atoms with Gasteiger partial charge in [-0.05, 0) is 31.5 Å². The number of nitrogens with zero attached hydrogens (tertiary/aromatic N) is 1. The summed E-state index contributed by atoms with van der Waals surface area (Å²) in [5.74, 6) is 5.84. The van der Waals surface area contributed by atoms with Crippen LogP contribution in [0.1, 0.15) is 25.0 Å². The lowest BCUT2D eigenvalue weighted by Gasteiger charge is -2.25. The Morgan fingerprint density at radius 3 is 2.44 bits per heavy atom. The van der Waals surface area contributed by atoms with Crippen LogP contribution in [0.25, 0.3) is 0 Å². The molecule has 0 bridgehead atoms. The number of nitrogens with two attached hydrogens (primary N) is 1. The minimum atomic E-state index is 0.193. The highest BCUT2D eigenvalue weighted by Crippen LogP contribution is 2.09. The Balaban J connectivity index is 2.67. The highest BCUT2D eigenvalue weighted by molar-refractivity contribution is 5.36. The van der Waals surface area contributed by atoms with E-state index in [-0.39, 0.29) is 6.61 Å². The molecule has 0 aliphatic heterocycles. The first kappa shape index (κ1) is 14.7. The molecule has 3 nitrogen and oxygen atoms in total. The Labute approximate surface area is 110 Å². The Hall–Kier alpha value is -1.34. The molecule has 98 valence electrons. The predicted molar refractivity (Wildman–Crippen MR) is 75.0 cm³/mol. The molecule has 0 unspecified atom stereocenters. The van der Waals surface area contributed by atoms with Gasteiger partial charge in [0.05, 0.1) is 13.2 Å². The molecule has 1 rings (SSSR count). The maximum Gasteiger partial charge on any atom is 0.0558 e. The van der Waals surface area contributed by atoms with E-state index in [1.54, 1.807) is 0 Å². The first-order valence-electron chi connectivity index (χ1n) is 6.30. The summed E-state index contributed by atoms with van der Waals surface area (Å²) in [6.07, 6.45) is 0. The van der Waals surface area contributed by atoms with Crippen molar-refractivity contribution in [1.82, 2.24) is 4.90 Å². The minimum Gasteiger partial charge on any atom is -0.395 e. The van der Waals surface area contributed by atoms with Crippen molar-refractivity contribution in [1.29, 1.82) is 0 Å². The van der Waals surface area contributed by atoms with Crippen molar-refractivity contribution in [3.05, 3.63) is 35.4 Å². The fourth-order valence-corrected chi connectivity index (χ4v) is 1.73. The van der Waals surface area contributed by atoms with Crippen molar-refractivity contribution in [2.24, 2.45) is 5.73 Å². The summed E-state index contributed by atoms with van der Waals surface area (Å²) in [6, 6.07) is 8.60. The Kier molecular flexibility index (Phi) is 6.45. The summed E-state index contributed by atoms with van der Waals surface area (Å²) < 4.78 is 0. The van der Waals surface area contributed by atoms with Gasteiger partial charge in [-0.25, -0.2) is 0 Å². The van der Waals surface area contributed by atoms with Gasteiger partial charge in [0.2, 0.25) is 0 Å². The van der Waals surface area contributed by atoms with E-state index in [2.05, 4.69) is 42.7 Å². The van der Waals surface area contributed by atoms with Crippen molar-refractivity contribution in [3.63, 3.8) is 0 Å². The number of benzene rings is 1. The lowest BCUT2D eigenvalue weighted by molar-refractivity contribution is 0.159. The number of hydrogen-bond donors (Lipinski definition) is 2. The van der Waals surface area contributed by atoms with E-state index in [0.29, 0.717) is 19.1 Å². The summed E-state index contributed by atoms with van der Waals surface area (Å²) in [5.41, 5.74) is 7.56. The van der Waals surface area contributed by atoms with Crippen LogP contribution >= 0.6 is 0 Å². The zero-order valence-corrected chi connectivity index (χ0v) is 11.2. The third kappa shape index (κ3) is 4.89. The summed E-state index contributed by atoms with van der Waals surface area (Å²) in [6.45, 7) is 6.40. The number of aliphatic hydroxyl groups excluding tert-OH is 1. The van der Waals surface area contributed by atoms with Gasteiger partial charge >= 0.3 is 0 Å². The quantitative estimate of drug-likeness (QED) is 0.768. The SMILES string of the molecule is CC(C)N(CCO)Cc1ccc(C#CCN)cc1. The largest absolute Gasteiger partial charge is 0.395 e. The summed E-state index contributed by atoms with van der Waals surface area (Å²) in [4.78, 5) is 2.24. The van der Waals surface area contributed by atoms with E-state index in [9.17, 15) is 0 Å². The van der Waals surface area contributed by atoms with Gasteiger partial charge in [0, 0.05) is 24.7 Å². The van der Waals surface area contributed by atoms with E-state index >= 15 is 0 Å². The van der Waals surface area contributed by atoms with Gasteiger partial charge in [-0.3, -0.25) is 4.90 Å². The molecule has 0 aliphatic carbocycles. The van der Waals surface area contributed by atoms with Crippen molar-refractivity contribution in [2.75, 3.05) is 19.7 Å². The third-order valence-corrected chi connectivity index (χ3v) is 2.79. The van der Waals surface area contributed by atoms with Gasteiger partial charge in [0.15, 0.2) is 0 Å². The molecule has 0 aromatic heterocycles. The van der Waals surface area contributed by atoms with Crippen molar-refractivity contribution in [2.45, 2.75) is 26.4 Å². The van der Waals surface area contributed by atoms with E-state index in [4.69, 9.17) is 10.8 Å². The average Bonchev–Trinajstić information content (AvgIpc) is 2.37. The van der Waals surface area contributed by atoms with E-state index in [1.165, 1.54) is 5.56 Å². The van der Waals surface area contributed by atoms with Gasteiger partial charge in [-0.2, -0.15) is 0 Å². The fourth-order valence-electron chi connectivity index (χ4n) is 1.73. The molecular weight excluding hydrogens is 224 g/mol. The zero-order valence-electron chi connectivity index (χ0n) is 11.2. The molecular formula is C15H22N2O. The molecule has 3 N–H and O–H groups in total. The third-order valence-electron chi connectivity index (χ3n) is 2.79. The first-order chi connectivity index (χ1) is 8.67. The van der Waals surface area contributed by atoms with Crippen molar-refractivity contribution in [3.8, 4) is 11.8 Å². The molecule has 0 saturated carbocycles. The van der Waals surface area contributed by atoms with Crippen LogP contribution in [0.5, 0.6) is 0 Å². The molecule has 0 atom stereocenters. The first-order valence-corrected chi connectivity index (χ1v) is 6.30. The van der Waals surface area contributed by atoms with Crippen LogP contribution in [-0.2, 0) is 6.54 Å². The monoisotopic (exact) mass is 246 g/mol. The minimum absolute atomic E-state index is 0.193. The number of aliphatic hydroxyl groups is 1. The summed E-state index contributed by atoms with van der Waals surface area (Å²) in [5, 5.41) is 9.03. The Morgan fingerprint density at radius 1 is 1.28 bits per heavy atom. The second-order valence-electron chi connectivity index (χ2n) is 4.49. The number of rotatable bonds is 5. The molecule has 0 amide bonds. The van der Waals surface area contributed by atoms with E-state index in [0.717, 1.165) is 12.1 Å². The molecule has 1 aromatic rings. The van der Waals surface area contributed by atoms with Crippen LogP contribution in [0.2, 0.25) is 0 Å². The highest BCUT2D eigenvalue weighted by Gasteiger charge is 2.08. The molecule has 0 radical (unpaired) electrons. The van der Waals surface area contributed by atoms with E-state index in [1.807, 2.05) is 12.1 Å². The molecule has 0 fully saturated rings. The van der Waals surface area contributed by atoms with Crippen molar-refractivity contribution < 1.29 is 5.11 Å². The molecule has 0 heterocycles. The van der Waals surface area contributed by atoms with Crippen LogP contribution < -0.4 is 5.73 Å². The van der Waals surface area contributed by atoms with Crippen LogP contribution in [0.15, 0.2) is 24.3 Å². The topological polar surface area (TPSA) is 49.5 Å². The normalized spacial score (nSPS) is 10.6. The van der Waals surface area contributed by atoms with Gasteiger partial charge in [0.25, 0.3) is 0 Å². The average molecular weight is 246 g/mol. The van der Waals surface area contributed by atoms with Crippen LogP contribution in [0.4, 0.5) is 0 Å². The fraction of sp³-hybridized carbons (Fsp3) is 0.467. The van der Waals surface area contributed by atoms with Gasteiger partial charge in [0.1, 0.15) is 0 Å². The summed E-state index contributed by atoms with van der Waals surface area (Å²) in [7, 11) is 0. The number of hydrogen-bond acceptors (Lipinski definition) is 3. The van der Waals surface area contributed by atoms with Crippen LogP contribution in [0, 0.1) is 11.8 Å². The van der Waals surface area contributed by atoms with Gasteiger partial charge < -0.3 is 10.8 Å². The molecule has 0 saturated heterocycles. The second kappa shape index (κ2) is 7.88. The zero-order chi connectivity index (χ0) is 13.4. The smallest absolute Gasteiger partial charge is 0.0558 e. The standard InChI is InChI=1S/C15H22N2O/c1-13(2)17(10-11-18)12-15-7-5-14(6-8-15)4-3-9-16/h5-8,13,18H,9-12,16H2,1-2H3. The molecule has 1 aromatic carbocycles.